The number of ketones is 3. The molecule has 0 atom stereocenters. The minimum Gasteiger partial charge on any atom is -0.379 e. The fourth-order valence-corrected chi connectivity index (χ4v) is 3.26. The summed E-state index contributed by atoms with van der Waals surface area (Å²) in [4.78, 5) is 33.4. The van der Waals surface area contributed by atoms with Gasteiger partial charge in [0.2, 0.25) is 0 Å². The van der Waals surface area contributed by atoms with Crippen LogP contribution in [0.1, 0.15) is 46.0 Å². The molecule has 0 amide bonds. The molecule has 0 radical (unpaired) electrons. The molecule has 0 spiro atoms. The molecule has 0 fully saturated rings. The van der Waals surface area contributed by atoms with E-state index < -0.39 is 15.6 Å². The standard InChI is InChI=1S/C16H28O7S/c1-3-15(18)13-24(20,21)11-5-7-16(19)6-4-8-22-9-10-23-12-14(2)17/h3-13H2,1-2H3. The molecule has 0 aliphatic heterocycles. The molecule has 0 heterocycles. The van der Waals surface area contributed by atoms with Crippen molar-refractivity contribution in [1.82, 2.24) is 0 Å². The predicted molar refractivity (Wildman–Crippen MR) is 89.7 cm³/mol. The maximum Gasteiger partial charge on any atom is 0.157 e. The van der Waals surface area contributed by atoms with Gasteiger partial charge in [0.05, 0.1) is 19.0 Å². The lowest BCUT2D eigenvalue weighted by Crippen LogP contribution is -2.18. The van der Waals surface area contributed by atoms with Crippen LogP contribution in [0, 0.1) is 0 Å². The molecule has 0 unspecified atom stereocenters. The summed E-state index contributed by atoms with van der Waals surface area (Å²) in [6, 6.07) is 0. The normalized spacial score (nSPS) is 11.4. The van der Waals surface area contributed by atoms with Gasteiger partial charge in [-0.15, -0.1) is 0 Å². The fourth-order valence-electron chi connectivity index (χ4n) is 1.84. The van der Waals surface area contributed by atoms with Gasteiger partial charge in [0.25, 0.3) is 0 Å². The Labute approximate surface area is 144 Å². The Morgan fingerprint density at radius 1 is 0.875 bits per heavy atom. The largest absolute Gasteiger partial charge is 0.379 e. The first-order chi connectivity index (χ1) is 11.3. The number of sulfone groups is 1. The third-order valence-electron chi connectivity index (χ3n) is 3.11. The second kappa shape index (κ2) is 13.2. The van der Waals surface area contributed by atoms with E-state index in [2.05, 4.69) is 0 Å². The summed E-state index contributed by atoms with van der Waals surface area (Å²) in [5.41, 5.74) is 0. The zero-order chi connectivity index (χ0) is 18.4. The molecule has 0 aromatic heterocycles. The summed E-state index contributed by atoms with van der Waals surface area (Å²) in [6.45, 7) is 4.26. The number of hydrogen-bond acceptors (Lipinski definition) is 7. The lowest BCUT2D eigenvalue weighted by atomic mass is 10.1. The molecule has 8 heteroatoms. The summed E-state index contributed by atoms with van der Waals surface area (Å²) < 4.78 is 33.5. The molecule has 0 N–H and O–H groups in total. The molecule has 0 saturated heterocycles. The number of carbonyl (C=O) groups is 3. The monoisotopic (exact) mass is 364 g/mol. The van der Waals surface area contributed by atoms with E-state index in [4.69, 9.17) is 9.47 Å². The van der Waals surface area contributed by atoms with E-state index in [9.17, 15) is 22.8 Å². The van der Waals surface area contributed by atoms with Gasteiger partial charge in [-0.2, -0.15) is 0 Å². The Hall–Kier alpha value is -1.12. The van der Waals surface area contributed by atoms with E-state index in [1.807, 2.05) is 0 Å². The van der Waals surface area contributed by atoms with Crippen LogP contribution in [0.5, 0.6) is 0 Å². The molecule has 7 nitrogen and oxygen atoms in total. The Kier molecular flexibility index (Phi) is 12.6. The SMILES string of the molecule is CCC(=O)CS(=O)(=O)CCCC(=O)CCCOCCOCC(C)=O. The van der Waals surface area contributed by atoms with Crippen LogP contribution in [0.2, 0.25) is 0 Å². The van der Waals surface area contributed by atoms with Gasteiger partial charge in [0.15, 0.2) is 15.6 Å². The lowest BCUT2D eigenvalue weighted by molar-refractivity contribution is -0.122. The van der Waals surface area contributed by atoms with E-state index >= 15 is 0 Å². The van der Waals surface area contributed by atoms with Gasteiger partial charge in [-0.05, 0) is 19.8 Å². The summed E-state index contributed by atoms with van der Waals surface area (Å²) in [5, 5.41) is 0. The summed E-state index contributed by atoms with van der Waals surface area (Å²) in [5.74, 6) is -0.915. The topological polar surface area (TPSA) is 104 Å². The lowest BCUT2D eigenvalue weighted by Gasteiger charge is -2.05. The average molecular weight is 364 g/mol. The van der Waals surface area contributed by atoms with Crippen molar-refractivity contribution < 1.29 is 32.3 Å². The highest BCUT2D eigenvalue weighted by atomic mass is 32.2. The van der Waals surface area contributed by atoms with Crippen molar-refractivity contribution in [3.05, 3.63) is 0 Å². The second-order valence-electron chi connectivity index (χ2n) is 5.60. The highest BCUT2D eigenvalue weighted by Crippen LogP contribution is 2.03. The third kappa shape index (κ3) is 14.5. The molecule has 0 saturated carbocycles. The van der Waals surface area contributed by atoms with Gasteiger partial charge in [-0.25, -0.2) is 8.42 Å². The number of Topliss-reactive ketones (excluding diaryl/α,β-unsaturated/α-hetero) is 3. The Balaban J connectivity index is 3.60. The third-order valence-corrected chi connectivity index (χ3v) is 4.78. The molecular weight excluding hydrogens is 336 g/mol. The molecule has 140 valence electrons. The van der Waals surface area contributed by atoms with Gasteiger partial charge in [-0.3, -0.25) is 14.4 Å². The first-order valence-electron chi connectivity index (χ1n) is 8.15. The Bertz CT molecular complexity index is 497. The van der Waals surface area contributed by atoms with E-state index in [0.717, 1.165) is 0 Å². The zero-order valence-electron chi connectivity index (χ0n) is 14.5. The maximum absolute atomic E-state index is 11.6. The Morgan fingerprint density at radius 3 is 2.12 bits per heavy atom. The van der Waals surface area contributed by atoms with Crippen molar-refractivity contribution >= 4 is 27.2 Å². The number of rotatable bonds is 16. The molecule has 0 aromatic rings. The fraction of sp³-hybridized carbons (Fsp3) is 0.812. The number of carbonyl (C=O) groups excluding carboxylic acids is 3. The quantitative estimate of drug-likeness (QED) is 0.378. The summed E-state index contributed by atoms with van der Waals surface area (Å²) >= 11 is 0. The van der Waals surface area contributed by atoms with Crippen molar-refractivity contribution in [1.29, 1.82) is 0 Å². The smallest absolute Gasteiger partial charge is 0.157 e. The molecule has 0 aliphatic rings. The first kappa shape index (κ1) is 22.9. The molecule has 0 bridgehead atoms. The highest BCUT2D eigenvalue weighted by Gasteiger charge is 2.15. The van der Waals surface area contributed by atoms with Crippen LogP contribution in [0.15, 0.2) is 0 Å². The molecule has 0 aliphatic carbocycles. The van der Waals surface area contributed by atoms with E-state index in [0.29, 0.717) is 32.7 Å². The van der Waals surface area contributed by atoms with Crippen LogP contribution in [0.25, 0.3) is 0 Å². The molecular formula is C16H28O7S. The van der Waals surface area contributed by atoms with Crippen molar-refractivity contribution in [3.8, 4) is 0 Å². The minimum absolute atomic E-state index is 0.0107. The van der Waals surface area contributed by atoms with Crippen LogP contribution >= 0.6 is 0 Å². The van der Waals surface area contributed by atoms with Crippen LogP contribution in [0.3, 0.4) is 0 Å². The van der Waals surface area contributed by atoms with Crippen LogP contribution in [-0.4, -0.2) is 63.7 Å². The number of ether oxygens (including phenoxy) is 2. The van der Waals surface area contributed by atoms with Crippen LogP contribution in [-0.2, 0) is 33.7 Å². The van der Waals surface area contributed by atoms with Crippen LogP contribution < -0.4 is 0 Å². The van der Waals surface area contributed by atoms with Gasteiger partial charge in [-0.1, -0.05) is 6.92 Å². The van der Waals surface area contributed by atoms with Crippen molar-refractivity contribution in [2.24, 2.45) is 0 Å². The van der Waals surface area contributed by atoms with E-state index in [1.165, 1.54) is 6.92 Å². The summed E-state index contributed by atoms with van der Waals surface area (Å²) in [6.07, 6.45) is 1.55. The van der Waals surface area contributed by atoms with Crippen molar-refractivity contribution in [2.45, 2.75) is 46.0 Å². The van der Waals surface area contributed by atoms with Crippen molar-refractivity contribution in [2.75, 3.05) is 37.9 Å². The number of hydrogen-bond donors (Lipinski definition) is 0. The molecule has 24 heavy (non-hydrogen) atoms. The van der Waals surface area contributed by atoms with Gasteiger partial charge >= 0.3 is 0 Å². The van der Waals surface area contributed by atoms with E-state index in [1.54, 1.807) is 6.92 Å². The predicted octanol–water partition coefficient (Wildman–Crippen LogP) is 1.13. The van der Waals surface area contributed by atoms with Gasteiger partial charge < -0.3 is 9.47 Å². The summed E-state index contributed by atoms with van der Waals surface area (Å²) in [7, 11) is -3.40. The van der Waals surface area contributed by atoms with Crippen molar-refractivity contribution in [3.63, 3.8) is 0 Å². The highest BCUT2D eigenvalue weighted by molar-refractivity contribution is 7.92. The van der Waals surface area contributed by atoms with E-state index in [-0.39, 0.29) is 49.0 Å². The Morgan fingerprint density at radius 2 is 1.50 bits per heavy atom. The zero-order valence-corrected chi connectivity index (χ0v) is 15.4. The van der Waals surface area contributed by atoms with Gasteiger partial charge in [0, 0.05) is 25.9 Å². The van der Waals surface area contributed by atoms with Gasteiger partial charge in [0.1, 0.15) is 23.9 Å². The average Bonchev–Trinajstić information content (AvgIpc) is 2.48. The maximum atomic E-state index is 11.6. The minimum atomic E-state index is -3.40. The van der Waals surface area contributed by atoms with Crippen LogP contribution in [0.4, 0.5) is 0 Å². The molecule has 0 aromatic carbocycles. The first-order valence-corrected chi connectivity index (χ1v) is 9.97. The second-order valence-corrected chi connectivity index (χ2v) is 7.78. The molecule has 0 rings (SSSR count).